The lowest BCUT2D eigenvalue weighted by Gasteiger charge is -2.05. The first kappa shape index (κ1) is 15.2. The molecule has 0 aliphatic heterocycles. The first-order valence-electron chi connectivity index (χ1n) is 6.10. The minimum absolute atomic E-state index is 0.0490. The summed E-state index contributed by atoms with van der Waals surface area (Å²) in [5, 5.41) is -0.0490. The Morgan fingerprint density at radius 2 is 2.17 bits per heavy atom. The van der Waals surface area contributed by atoms with Gasteiger partial charge in [-0.15, -0.1) is 6.58 Å². The van der Waals surface area contributed by atoms with Crippen molar-refractivity contribution in [1.82, 2.24) is 9.55 Å². The molecule has 1 aromatic heterocycles. The molecule has 0 bridgehead atoms. The highest BCUT2D eigenvalue weighted by atomic mass is 35.7. The second-order valence-corrected chi connectivity index (χ2v) is 6.63. The summed E-state index contributed by atoms with van der Waals surface area (Å²) < 4.78 is 24.3. The van der Waals surface area contributed by atoms with Gasteiger partial charge in [0.1, 0.15) is 5.82 Å². The largest absolute Gasteiger partial charge is 0.334 e. The molecule has 0 N–H and O–H groups in total. The minimum Gasteiger partial charge on any atom is -0.334 e. The Balaban J connectivity index is 2.64. The Bertz CT molecular complexity index is 494. The van der Waals surface area contributed by atoms with Gasteiger partial charge in [-0.2, -0.15) is 0 Å². The van der Waals surface area contributed by atoms with Gasteiger partial charge in [0, 0.05) is 29.8 Å². The van der Waals surface area contributed by atoms with Gasteiger partial charge in [-0.1, -0.05) is 19.4 Å². The van der Waals surface area contributed by atoms with Crippen LogP contribution >= 0.6 is 10.7 Å². The lowest BCUT2D eigenvalue weighted by atomic mass is 10.2. The molecule has 0 saturated heterocycles. The molecule has 0 saturated carbocycles. The first-order valence-corrected chi connectivity index (χ1v) is 8.41. The standard InChI is InChI=1S/C12H19ClN2O2S/c1-3-5-6-7-8-9-15-10-12(18(13,16)17)14-11(15)4-2/h3,10H,1,4-9H2,2H3. The Kier molecular flexibility index (Phi) is 5.88. The van der Waals surface area contributed by atoms with E-state index in [0.29, 0.717) is 6.42 Å². The molecule has 6 heteroatoms. The van der Waals surface area contributed by atoms with Crippen LogP contribution in [0, 0.1) is 0 Å². The molecular weight excluding hydrogens is 272 g/mol. The third kappa shape index (κ3) is 4.46. The topological polar surface area (TPSA) is 52.0 Å². The van der Waals surface area contributed by atoms with Gasteiger partial charge in [0.05, 0.1) is 0 Å². The summed E-state index contributed by atoms with van der Waals surface area (Å²) in [6.45, 7) is 6.40. The van der Waals surface area contributed by atoms with Crippen LogP contribution in [0.4, 0.5) is 0 Å². The number of unbranched alkanes of at least 4 members (excludes halogenated alkanes) is 3. The fraction of sp³-hybridized carbons (Fsp3) is 0.583. The van der Waals surface area contributed by atoms with Crippen LogP contribution in [0.2, 0.25) is 0 Å². The van der Waals surface area contributed by atoms with E-state index in [4.69, 9.17) is 10.7 Å². The molecule has 102 valence electrons. The number of halogens is 1. The van der Waals surface area contributed by atoms with Crippen LogP contribution in [0.3, 0.4) is 0 Å². The number of aryl methyl sites for hydroxylation is 2. The number of imidazole rings is 1. The zero-order valence-corrected chi connectivity index (χ0v) is 12.2. The molecule has 0 aliphatic rings. The van der Waals surface area contributed by atoms with Crippen LogP contribution in [0.5, 0.6) is 0 Å². The number of hydrogen-bond acceptors (Lipinski definition) is 3. The molecule has 4 nitrogen and oxygen atoms in total. The van der Waals surface area contributed by atoms with Crippen molar-refractivity contribution in [2.24, 2.45) is 0 Å². The van der Waals surface area contributed by atoms with Crippen molar-refractivity contribution in [2.45, 2.75) is 50.6 Å². The maximum atomic E-state index is 11.2. The summed E-state index contributed by atoms with van der Waals surface area (Å²) in [5.41, 5.74) is 0. The molecule has 1 rings (SSSR count). The Hall–Kier alpha value is -0.810. The predicted octanol–water partition coefficient (Wildman–Crippen LogP) is 3.12. The van der Waals surface area contributed by atoms with Gasteiger partial charge >= 0.3 is 0 Å². The van der Waals surface area contributed by atoms with Gasteiger partial charge in [0.25, 0.3) is 9.05 Å². The summed E-state index contributed by atoms with van der Waals surface area (Å²) in [6.07, 6.45) is 8.35. The first-order chi connectivity index (χ1) is 8.49. The highest BCUT2D eigenvalue weighted by Gasteiger charge is 2.16. The Labute approximate surface area is 113 Å². The van der Waals surface area contributed by atoms with Crippen molar-refractivity contribution >= 4 is 19.7 Å². The summed E-state index contributed by atoms with van der Waals surface area (Å²) in [7, 11) is 1.56. The Morgan fingerprint density at radius 3 is 2.72 bits per heavy atom. The van der Waals surface area contributed by atoms with Gasteiger partial charge in [-0.3, -0.25) is 0 Å². The normalized spacial score (nSPS) is 11.7. The molecule has 0 atom stereocenters. The third-order valence-corrected chi connectivity index (χ3v) is 3.88. The molecule has 0 radical (unpaired) electrons. The van der Waals surface area contributed by atoms with Crippen molar-refractivity contribution in [3.63, 3.8) is 0 Å². The highest BCUT2D eigenvalue weighted by molar-refractivity contribution is 8.13. The lowest BCUT2D eigenvalue weighted by Crippen LogP contribution is -2.01. The molecule has 0 unspecified atom stereocenters. The van der Waals surface area contributed by atoms with Crippen LogP contribution in [0.15, 0.2) is 23.9 Å². The van der Waals surface area contributed by atoms with E-state index in [1.807, 2.05) is 17.6 Å². The average Bonchev–Trinajstić information content (AvgIpc) is 2.72. The molecule has 0 aromatic carbocycles. The number of aromatic nitrogens is 2. The van der Waals surface area contributed by atoms with E-state index in [0.717, 1.165) is 38.1 Å². The number of allylic oxidation sites excluding steroid dienone is 1. The van der Waals surface area contributed by atoms with Gasteiger partial charge in [0.2, 0.25) is 0 Å². The van der Waals surface area contributed by atoms with E-state index >= 15 is 0 Å². The predicted molar refractivity (Wildman–Crippen MR) is 73.3 cm³/mol. The quantitative estimate of drug-likeness (QED) is 0.420. The lowest BCUT2D eigenvalue weighted by molar-refractivity contribution is 0.572. The number of rotatable bonds is 8. The van der Waals surface area contributed by atoms with Gasteiger partial charge in [-0.05, 0) is 19.3 Å². The van der Waals surface area contributed by atoms with Gasteiger partial charge in [0.15, 0.2) is 5.03 Å². The van der Waals surface area contributed by atoms with Crippen molar-refractivity contribution < 1.29 is 8.42 Å². The second kappa shape index (κ2) is 6.95. The zero-order valence-electron chi connectivity index (χ0n) is 10.6. The summed E-state index contributed by atoms with van der Waals surface area (Å²) in [4.78, 5) is 4.04. The maximum absolute atomic E-state index is 11.2. The average molecular weight is 291 g/mol. The molecule has 0 aliphatic carbocycles. The van der Waals surface area contributed by atoms with Crippen LogP contribution in [-0.4, -0.2) is 18.0 Å². The maximum Gasteiger partial charge on any atom is 0.280 e. The summed E-state index contributed by atoms with van der Waals surface area (Å²) in [6, 6.07) is 0. The fourth-order valence-corrected chi connectivity index (χ4v) is 2.46. The molecule has 1 heterocycles. The molecular formula is C12H19ClN2O2S. The van der Waals surface area contributed by atoms with Gasteiger partial charge in [-0.25, -0.2) is 13.4 Å². The van der Waals surface area contributed by atoms with Crippen LogP contribution in [0.1, 0.15) is 38.4 Å². The van der Waals surface area contributed by atoms with E-state index in [9.17, 15) is 8.42 Å². The number of nitrogens with zero attached hydrogens (tertiary/aromatic N) is 2. The monoisotopic (exact) mass is 290 g/mol. The van der Waals surface area contributed by atoms with Crippen LogP contribution in [0.25, 0.3) is 0 Å². The summed E-state index contributed by atoms with van der Waals surface area (Å²) >= 11 is 0. The fourth-order valence-electron chi connectivity index (χ4n) is 1.77. The van der Waals surface area contributed by atoms with E-state index in [-0.39, 0.29) is 5.03 Å². The van der Waals surface area contributed by atoms with E-state index in [2.05, 4.69) is 11.6 Å². The van der Waals surface area contributed by atoms with Crippen molar-refractivity contribution in [2.75, 3.05) is 0 Å². The zero-order chi connectivity index (χ0) is 13.6. The van der Waals surface area contributed by atoms with Crippen molar-refractivity contribution in [1.29, 1.82) is 0 Å². The highest BCUT2D eigenvalue weighted by Crippen LogP contribution is 2.16. The molecule has 1 aromatic rings. The third-order valence-electron chi connectivity index (χ3n) is 2.71. The second-order valence-electron chi connectivity index (χ2n) is 4.12. The van der Waals surface area contributed by atoms with E-state index in [1.165, 1.54) is 6.20 Å². The molecule has 0 amide bonds. The van der Waals surface area contributed by atoms with E-state index in [1.54, 1.807) is 0 Å². The molecule has 0 fully saturated rings. The minimum atomic E-state index is -3.73. The number of hydrogen-bond donors (Lipinski definition) is 0. The van der Waals surface area contributed by atoms with Crippen LogP contribution in [-0.2, 0) is 22.0 Å². The summed E-state index contributed by atoms with van der Waals surface area (Å²) in [5.74, 6) is 0.762. The van der Waals surface area contributed by atoms with Gasteiger partial charge < -0.3 is 4.57 Å². The van der Waals surface area contributed by atoms with Crippen molar-refractivity contribution in [3.8, 4) is 0 Å². The van der Waals surface area contributed by atoms with Crippen LogP contribution < -0.4 is 0 Å². The molecule has 18 heavy (non-hydrogen) atoms. The molecule has 0 spiro atoms. The SMILES string of the molecule is C=CCCCCCn1cc(S(=O)(=O)Cl)nc1CC. The van der Waals surface area contributed by atoms with E-state index < -0.39 is 9.05 Å². The smallest absolute Gasteiger partial charge is 0.280 e. The van der Waals surface area contributed by atoms with Crippen molar-refractivity contribution in [3.05, 3.63) is 24.7 Å². The Morgan fingerprint density at radius 1 is 1.44 bits per heavy atom.